The van der Waals surface area contributed by atoms with E-state index in [1.807, 2.05) is 30.3 Å². The van der Waals surface area contributed by atoms with E-state index in [1.54, 1.807) is 12.3 Å². The summed E-state index contributed by atoms with van der Waals surface area (Å²) in [6.45, 7) is 0. The molecule has 94 valence electrons. The normalized spacial score (nSPS) is 10.8. The van der Waals surface area contributed by atoms with Gasteiger partial charge < -0.3 is 0 Å². The van der Waals surface area contributed by atoms with Gasteiger partial charge in [0, 0.05) is 17.1 Å². The van der Waals surface area contributed by atoms with Crippen LogP contribution in [0.1, 0.15) is 15.9 Å². The Kier molecular flexibility index (Phi) is 3.27. The maximum atomic E-state index is 12.3. The Morgan fingerprint density at radius 2 is 1.95 bits per heavy atom. The van der Waals surface area contributed by atoms with Gasteiger partial charge >= 0.3 is 0 Å². The van der Waals surface area contributed by atoms with Crippen molar-refractivity contribution in [2.75, 3.05) is 0 Å². The van der Waals surface area contributed by atoms with Crippen LogP contribution in [0.3, 0.4) is 0 Å². The molecule has 2 nitrogen and oxygen atoms in total. The van der Waals surface area contributed by atoms with Crippen LogP contribution in [-0.4, -0.2) is 10.8 Å². The van der Waals surface area contributed by atoms with E-state index in [2.05, 4.69) is 4.98 Å². The van der Waals surface area contributed by atoms with Crippen molar-refractivity contribution in [3.05, 3.63) is 62.4 Å². The minimum Gasteiger partial charge on any atom is -0.288 e. The molecule has 0 aliphatic rings. The van der Waals surface area contributed by atoms with Crippen LogP contribution in [0.5, 0.6) is 0 Å². The van der Waals surface area contributed by atoms with Crippen LogP contribution in [0.15, 0.2) is 42.6 Å². The van der Waals surface area contributed by atoms with E-state index in [0.717, 1.165) is 10.9 Å². The predicted molar refractivity (Wildman–Crippen MR) is 79.5 cm³/mol. The second kappa shape index (κ2) is 4.93. The van der Waals surface area contributed by atoms with Crippen LogP contribution in [0.25, 0.3) is 10.9 Å². The highest BCUT2D eigenvalue weighted by atomic mass is 35.5. The number of hydrogen-bond acceptors (Lipinski definition) is 3. The van der Waals surface area contributed by atoms with Crippen molar-refractivity contribution in [2.24, 2.45) is 0 Å². The Morgan fingerprint density at radius 1 is 1.16 bits per heavy atom. The van der Waals surface area contributed by atoms with Gasteiger partial charge in [0.25, 0.3) is 0 Å². The van der Waals surface area contributed by atoms with E-state index >= 15 is 0 Å². The summed E-state index contributed by atoms with van der Waals surface area (Å²) in [4.78, 5) is 16.6. The largest absolute Gasteiger partial charge is 0.288 e. The van der Waals surface area contributed by atoms with E-state index in [9.17, 15) is 4.79 Å². The second-order valence-electron chi connectivity index (χ2n) is 3.98. The van der Waals surface area contributed by atoms with Crippen LogP contribution in [0.4, 0.5) is 0 Å². The van der Waals surface area contributed by atoms with Crippen LogP contribution in [-0.2, 0) is 0 Å². The van der Waals surface area contributed by atoms with Gasteiger partial charge in [-0.05, 0) is 18.2 Å². The number of pyridine rings is 1. The van der Waals surface area contributed by atoms with Crippen molar-refractivity contribution in [3.8, 4) is 0 Å². The molecule has 19 heavy (non-hydrogen) atoms. The first-order valence-electron chi connectivity index (χ1n) is 5.49. The lowest BCUT2D eigenvalue weighted by Gasteiger charge is -2.01. The zero-order valence-electron chi connectivity index (χ0n) is 9.56. The molecule has 0 unspecified atom stereocenters. The number of ketones is 1. The quantitative estimate of drug-likeness (QED) is 0.634. The van der Waals surface area contributed by atoms with E-state index in [0.29, 0.717) is 19.8 Å². The summed E-state index contributed by atoms with van der Waals surface area (Å²) in [5.41, 5.74) is 1.79. The first kappa shape index (κ1) is 12.6. The minimum atomic E-state index is -0.161. The molecule has 0 saturated carbocycles. The number of thiophene rings is 1. The van der Waals surface area contributed by atoms with E-state index in [1.165, 1.54) is 11.3 Å². The van der Waals surface area contributed by atoms with Gasteiger partial charge in [-0.25, -0.2) is 0 Å². The fourth-order valence-electron chi connectivity index (χ4n) is 1.85. The number of halogens is 2. The number of rotatable bonds is 2. The Balaban J connectivity index is 2.09. The molecule has 0 fully saturated rings. The first-order chi connectivity index (χ1) is 9.15. The van der Waals surface area contributed by atoms with Crippen molar-refractivity contribution in [1.29, 1.82) is 0 Å². The van der Waals surface area contributed by atoms with Gasteiger partial charge in [-0.3, -0.25) is 9.78 Å². The topological polar surface area (TPSA) is 30.0 Å². The van der Waals surface area contributed by atoms with Gasteiger partial charge in [0.15, 0.2) is 5.78 Å². The molecule has 2 heterocycles. The number of fused-ring (bicyclic) bond motifs is 1. The van der Waals surface area contributed by atoms with Gasteiger partial charge in [0.1, 0.15) is 4.34 Å². The maximum Gasteiger partial charge on any atom is 0.197 e. The number of aromatic nitrogens is 1. The fourth-order valence-corrected chi connectivity index (χ4v) is 3.30. The van der Waals surface area contributed by atoms with Crippen molar-refractivity contribution >= 4 is 51.2 Å². The molecular weight excluding hydrogens is 301 g/mol. The third-order valence-electron chi connectivity index (χ3n) is 2.75. The lowest BCUT2D eigenvalue weighted by molar-refractivity contribution is 0.103. The highest BCUT2D eigenvalue weighted by Crippen LogP contribution is 2.32. The zero-order valence-corrected chi connectivity index (χ0v) is 11.9. The number of carbonyl (C=O) groups is 1. The molecule has 0 spiro atoms. The number of nitrogens with zero attached hydrogens (tertiary/aromatic N) is 1. The molecule has 5 heteroatoms. The van der Waals surface area contributed by atoms with Gasteiger partial charge in [0.2, 0.25) is 0 Å². The predicted octanol–water partition coefficient (Wildman–Crippen LogP) is 4.83. The summed E-state index contributed by atoms with van der Waals surface area (Å²) in [5.74, 6) is -0.161. The minimum absolute atomic E-state index is 0.161. The smallest absolute Gasteiger partial charge is 0.197 e. The van der Waals surface area contributed by atoms with Crippen LogP contribution in [0, 0.1) is 0 Å². The molecule has 3 aromatic rings. The monoisotopic (exact) mass is 307 g/mol. The molecule has 0 aliphatic carbocycles. The molecule has 2 aromatic heterocycles. The molecular formula is C14H7Cl2NOS. The molecule has 1 aromatic carbocycles. The van der Waals surface area contributed by atoms with Gasteiger partial charge in [-0.2, -0.15) is 0 Å². The maximum absolute atomic E-state index is 12.3. The average Bonchev–Trinajstić information content (AvgIpc) is 2.76. The first-order valence-corrected chi connectivity index (χ1v) is 7.07. The summed E-state index contributed by atoms with van der Waals surface area (Å²) < 4.78 is 0.908. The summed E-state index contributed by atoms with van der Waals surface area (Å²) in [7, 11) is 0. The zero-order chi connectivity index (χ0) is 13.4. The van der Waals surface area contributed by atoms with Crippen molar-refractivity contribution in [1.82, 2.24) is 4.98 Å². The van der Waals surface area contributed by atoms with Crippen molar-refractivity contribution in [2.45, 2.75) is 0 Å². The van der Waals surface area contributed by atoms with Gasteiger partial charge in [0.05, 0.1) is 15.4 Å². The Labute approximate surface area is 123 Å². The molecule has 0 aliphatic heterocycles. The Morgan fingerprint density at radius 3 is 2.68 bits per heavy atom. The molecule has 0 radical (unpaired) electrons. The fraction of sp³-hybridized carbons (Fsp3) is 0. The number of carbonyl (C=O) groups excluding carboxylic acids is 1. The molecule has 0 saturated heterocycles. The van der Waals surface area contributed by atoms with E-state index in [-0.39, 0.29) is 5.78 Å². The van der Waals surface area contributed by atoms with Crippen LogP contribution in [0.2, 0.25) is 8.67 Å². The van der Waals surface area contributed by atoms with E-state index < -0.39 is 0 Å². The Hall–Kier alpha value is -1.42. The highest BCUT2D eigenvalue weighted by Gasteiger charge is 2.16. The second-order valence-corrected chi connectivity index (χ2v) is 6.27. The molecule has 0 N–H and O–H groups in total. The van der Waals surface area contributed by atoms with Crippen LogP contribution < -0.4 is 0 Å². The molecule has 0 bridgehead atoms. The lowest BCUT2D eigenvalue weighted by atomic mass is 10.1. The molecule has 3 rings (SSSR count). The third kappa shape index (κ3) is 2.37. The summed E-state index contributed by atoms with van der Waals surface area (Å²) in [5, 5.41) is 0.922. The van der Waals surface area contributed by atoms with Gasteiger partial charge in [-0.15, -0.1) is 11.3 Å². The molecule has 0 atom stereocenters. The van der Waals surface area contributed by atoms with Crippen molar-refractivity contribution in [3.63, 3.8) is 0 Å². The number of hydrogen-bond donors (Lipinski definition) is 0. The van der Waals surface area contributed by atoms with E-state index in [4.69, 9.17) is 23.2 Å². The summed E-state index contributed by atoms with van der Waals surface area (Å²) in [6.07, 6.45) is 1.56. The Bertz CT molecular complexity index is 782. The highest BCUT2D eigenvalue weighted by molar-refractivity contribution is 7.20. The van der Waals surface area contributed by atoms with Crippen molar-refractivity contribution < 1.29 is 4.79 Å². The third-order valence-corrected chi connectivity index (χ3v) is 4.24. The standard InChI is InChI=1S/C14H7Cl2NOS/c15-12-6-10(14(16)19-12)13(18)9-5-8-3-1-2-4-11(8)17-7-9/h1-7H. The lowest BCUT2D eigenvalue weighted by Crippen LogP contribution is -2.01. The van der Waals surface area contributed by atoms with Crippen LogP contribution >= 0.6 is 34.5 Å². The number of para-hydroxylation sites is 1. The van der Waals surface area contributed by atoms with Gasteiger partial charge in [-0.1, -0.05) is 41.4 Å². The SMILES string of the molecule is O=C(c1cnc2ccccc2c1)c1cc(Cl)sc1Cl. The average molecular weight is 308 g/mol. The number of benzene rings is 1. The summed E-state index contributed by atoms with van der Waals surface area (Å²) in [6, 6.07) is 11.0. The molecule has 0 amide bonds. The summed E-state index contributed by atoms with van der Waals surface area (Å²) >= 11 is 13.0.